The van der Waals surface area contributed by atoms with Crippen molar-refractivity contribution in [3.05, 3.63) is 59.7 Å². The Balaban J connectivity index is 0.00000182. The third-order valence-corrected chi connectivity index (χ3v) is 4.99. The Labute approximate surface area is 155 Å². The van der Waals surface area contributed by atoms with Gasteiger partial charge in [-0.05, 0) is 29.7 Å². The Morgan fingerprint density at radius 3 is 2.40 bits per heavy atom. The lowest BCUT2D eigenvalue weighted by Gasteiger charge is -2.37. The Morgan fingerprint density at radius 1 is 0.880 bits per heavy atom. The first-order valence-corrected chi connectivity index (χ1v) is 8.72. The Bertz CT molecular complexity index is 727. The van der Waals surface area contributed by atoms with Crippen LogP contribution in [-0.2, 0) is 17.8 Å². The van der Waals surface area contributed by atoms with Crippen molar-refractivity contribution < 1.29 is 4.79 Å². The standard InChI is InChI=1S/C20H23N3O.ClH/c24-20-10-9-17-18(21-20)7-4-8-19(17)23-13-11-22(12-14-23)15-16-5-2-1-3-6-16;/h1-8H,9-15H2,(H,21,24);1H. The zero-order valence-electron chi connectivity index (χ0n) is 14.3. The zero-order valence-corrected chi connectivity index (χ0v) is 15.1. The van der Waals surface area contributed by atoms with E-state index in [0.717, 1.165) is 44.8 Å². The predicted molar refractivity (Wildman–Crippen MR) is 105 cm³/mol. The average molecular weight is 358 g/mol. The highest BCUT2D eigenvalue weighted by Gasteiger charge is 2.23. The fourth-order valence-corrected chi connectivity index (χ4v) is 3.69. The van der Waals surface area contributed by atoms with Gasteiger partial charge in [0, 0.05) is 50.5 Å². The molecule has 1 saturated heterocycles. The quantitative estimate of drug-likeness (QED) is 0.915. The number of hydrogen-bond acceptors (Lipinski definition) is 3. The SMILES string of the molecule is Cl.O=C1CCc2c(cccc2N2CCN(Cc3ccccc3)CC2)N1. The topological polar surface area (TPSA) is 35.6 Å². The summed E-state index contributed by atoms with van der Waals surface area (Å²) in [7, 11) is 0. The fourth-order valence-electron chi connectivity index (χ4n) is 3.69. The smallest absolute Gasteiger partial charge is 0.224 e. The van der Waals surface area contributed by atoms with Gasteiger partial charge in [0.05, 0.1) is 0 Å². The number of nitrogens with zero attached hydrogens (tertiary/aromatic N) is 2. The van der Waals surface area contributed by atoms with E-state index in [1.54, 1.807) is 0 Å². The number of benzene rings is 2. The van der Waals surface area contributed by atoms with Crippen LogP contribution in [0, 0.1) is 0 Å². The fraction of sp³-hybridized carbons (Fsp3) is 0.350. The predicted octanol–water partition coefficient (Wildman–Crippen LogP) is 3.32. The molecule has 2 aromatic carbocycles. The molecule has 0 atom stereocenters. The summed E-state index contributed by atoms with van der Waals surface area (Å²) in [5.41, 5.74) is 4.97. The number of anilines is 2. The minimum absolute atomic E-state index is 0. The molecule has 2 heterocycles. The van der Waals surface area contributed by atoms with Crippen LogP contribution >= 0.6 is 12.4 Å². The van der Waals surface area contributed by atoms with E-state index in [4.69, 9.17) is 0 Å². The molecule has 4 nitrogen and oxygen atoms in total. The van der Waals surface area contributed by atoms with Gasteiger partial charge in [-0.1, -0.05) is 36.4 Å². The molecule has 2 aromatic rings. The molecule has 1 fully saturated rings. The van der Waals surface area contributed by atoms with Crippen molar-refractivity contribution in [2.75, 3.05) is 36.4 Å². The molecule has 2 aliphatic heterocycles. The summed E-state index contributed by atoms with van der Waals surface area (Å²) in [6.45, 7) is 5.25. The second-order valence-corrected chi connectivity index (χ2v) is 6.60. The molecule has 0 bridgehead atoms. The number of carbonyl (C=O) groups is 1. The van der Waals surface area contributed by atoms with Crippen molar-refractivity contribution in [2.24, 2.45) is 0 Å². The maximum absolute atomic E-state index is 11.6. The van der Waals surface area contributed by atoms with Crippen LogP contribution in [-0.4, -0.2) is 37.0 Å². The molecule has 1 amide bonds. The molecule has 0 saturated carbocycles. The van der Waals surface area contributed by atoms with E-state index in [0.29, 0.717) is 6.42 Å². The van der Waals surface area contributed by atoms with E-state index < -0.39 is 0 Å². The van der Waals surface area contributed by atoms with Gasteiger partial charge in [0.15, 0.2) is 0 Å². The maximum Gasteiger partial charge on any atom is 0.224 e. The lowest BCUT2D eigenvalue weighted by molar-refractivity contribution is -0.116. The normalized spacial score (nSPS) is 17.4. The Morgan fingerprint density at radius 2 is 1.64 bits per heavy atom. The van der Waals surface area contributed by atoms with E-state index in [2.05, 4.69) is 57.6 Å². The summed E-state index contributed by atoms with van der Waals surface area (Å²) in [5, 5.41) is 3.00. The van der Waals surface area contributed by atoms with Crippen molar-refractivity contribution >= 4 is 29.7 Å². The highest BCUT2D eigenvalue weighted by molar-refractivity contribution is 5.95. The summed E-state index contributed by atoms with van der Waals surface area (Å²) in [6, 6.07) is 16.9. The van der Waals surface area contributed by atoms with Gasteiger partial charge in [-0.15, -0.1) is 12.4 Å². The van der Waals surface area contributed by atoms with Crippen molar-refractivity contribution in [3.63, 3.8) is 0 Å². The van der Waals surface area contributed by atoms with Crippen LogP contribution in [0.15, 0.2) is 48.5 Å². The second-order valence-electron chi connectivity index (χ2n) is 6.60. The highest BCUT2D eigenvalue weighted by atomic mass is 35.5. The third-order valence-electron chi connectivity index (χ3n) is 4.99. The van der Waals surface area contributed by atoms with E-state index in [1.807, 2.05) is 6.07 Å². The van der Waals surface area contributed by atoms with Gasteiger partial charge in [0.25, 0.3) is 0 Å². The van der Waals surface area contributed by atoms with Crippen LogP contribution in [0.1, 0.15) is 17.5 Å². The van der Waals surface area contributed by atoms with Gasteiger partial charge in [0.1, 0.15) is 0 Å². The summed E-state index contributed by atoms with van der Waals surface area (Å²) in [5.74, 6) is 0.132. The molecule has 25 heavy (non-hydrogen) atoms. The Kier molecular flexibility index (Phi) is 5.61. The summed E-state index contributed by atoms with van der Waals surface area (Å²) >= 11 is 0. The number of hydrogen-bond donors (Lipinski definition) is 1. The molecular weight excluding hydrogens is 334 g/mol. The zero-order chi connectivity index (χ0) is 16.4. The van der Waals surface area contributed by atoms with Gasteiger partial charge < -0.3 is 10.2 Å². The molecule has 1 N–H and O–H groups in total. The van der Waals surface area contributed by atoms with Crippen LogP contribution in [0.3, 0.4) is 0 Å². The van der Waals surface area contributed by atoms with Gasteiger partial charge >= 0.3 is 0 Å². The van der Waals surface area contributed by atoms with Crippen molar-refractivity contribution in [1.82, 2.24) is 4.90 Å². The van der Waals surface area contributed by atoms with Crippen LogP contribution in [0.4, 0.5) is 11.4 Å². The van der Waals surface area contributed by atoms with Crippen molar-refractivity contribution in [2.45, 2.75) is 19.4 Å². The molecule has 0 radical (unpaired) electrons. The Hall–Kier alpha value is -2.04. The van der Waals surface area contributed by atoms with Gasteiger partial charge in [-0.2, -0.15) is 0 Å². The number of fused-ring (bicyclic) bond motifs is 1. The number of amides is 1. The van der Waals surface area contributed by atoms with Gasteiger partial charge in [-0.25, -0.2) is 0 Å². The summed E-state index contributed by atoms with van der Waals surface area (Å²) in [4.78, 5) is 16.6. The van der Waals surface area contributed by atoms with E-state index in [9.17, 15) is 4.79 Å². The molecule has 0 spiro atoms. The largest absolute Gasteiger partial charge is 0.369 e. The number of piperazine rings is 1. The molecular formula is C20H24ClN3O. The monoisotopic (exact) mass is 357 g/mol. The maximum atomic E-state index is 11.6. The number of halogens is 1. The number of nitrogens with one attached hydrogen (secondary N) is 1. The van der Waals surface area contributed by atoms with Crippen molar-refractivity contribution in [3.8, 4) is 0 Å². The molecule has 0 aliphatic carbocycles. The lowest BCUT2D eigenvalue weighted by atomic mass is 10.00. The molecule has 5 heteroatoms. The highest BCUT2D eigenvalue weighted by Crippen LogP contribution is 2.32. The first-order valence-electron chi connectivity index (χ1n) is 8.72. The summed E-state index contributed by atoms with van der Waals surface area (Å²) < 4.78 is 0. The first-order chi connectivity index (χ1) is 11.8. The van der Waals surface area contributed by atoms with Crippen LogP contribution in [0.2, 0.25) is 0 Å². The molecule has 0 aromatic heterocycles. The second kappa shape index (κ2) is 7.89. The van der Waals surface area contributed by atoms with E-state index in [1.165, 1.54) is 16.8 Å². The van der Waals surface area contributed by atoms with Crippen LogP contribution in [0.25, 0.3) is 0 Å². The molecule has 132 valence electrons. The molecule has 4 rings (SSSR count). The van der Waals surface area contributed by atoms with Crippen molar-refractivity contribution in [1.29, 1.82) is 0 Å². The number of carbonyl (C=O) groups excluding carboxylic acids is 1. The van der Waals surface area contributed by atoms with Crippen LogP contribution in [0.5, 0.6) is 0 Å². The minimum atomic E-state index is 0. The average Bonchev–Trinajstić information content (AvgIpc) is 2.62. The lowest BCUT2D eigenvalue weighted by Crippen LogP contribution is -2.46. The van der Waals surface area contributed by atoms with Crippen LogP contribution < -0.4 is 10.2 Å². The van der Waals surface area contributed by atoms with Gasteiger partial charge in [0.2, 0.25) is 5.91 Å². The molecule has 0 unspecified atom stereocenters. The third kappa shape index (κ3) is 3.97. The van der Waals surface area contributed by atoms with E-state index in [-0.39, 0.29) is 18.3 Å². The number of rotatable bonds is 3. The minimum Gasteiger partial charge on any atom is -0.369 e. The summed E-state index contributed by atoms with van der Waals surface area (Å²) in [6.07, 6.45) is 1.44. The van der Waals surface area contributed by atoms with Gasteiger partial charge in [-0.3, -0.25) is 9.69 Å². The molecule has 2 aliphatic rings. The first kappa shape index (κ1) is 17.8. The van der Waals surface area contributed by atoms with E-state index >= 15 is 0 Å².